The SMILES string of the molecule is CC1CC(N2CCCNC(C(C)(C)C)C2)C1. The maximum Gasteiger partial charge on any atom is 0.0243 e. The van der Waals surface area contributed by atoms with Gasteiger partial charge < -0.3 is 5.32 Å². The minimum absolute atomic E-state index is 0.387. The largest absolute Gasteiger partial charge is 0.312 e. The van der Waals surface area contributed by atoms with Crippen LogP contribution in [0.5, 0.6) is 0 Å². The fraction of sp³-hybridized carbons (Fsp3) is 1.00. The van der Waals surface area contributed by atoms with E-state index < -0.39 is 0 Å². The van der Waals surface area contributed by atoms with E-state index >= 15 is 0 Å². The lowest BCUT2D eigenvalue weighted by Gasteiger charge is -2.43. The van der Waals surface area contributed by atoms with E-state index in [1.807, 2.05) is 0 Å². The fourth-order valence-corrected chi connectivity index (χ4v) is 3.02. The minimum atomic E-state index is 0.387. The predicted molar refractivity (Wildman–Crippen MR) is 69.6 cm³/mol. The van der Waals surface area contributed by atoms with Crippen molar-refractivity contribution in [2.45, 2.75) is 59.0 Å². The molecule has 1 saturated heterocycles. The molecule has 0 amide bonds. The molecule has 0 spiro atoms. The molecule has 2 nitrogen and oxygen atoms in total. The van der Waals surface area contributed by atoms with Crippen LogP contribution in [0.15, 0.2) is 0 Å². The summed E-state index contributed by atoms with van der Waals surface area (Å²) in [6.45, 7) is 13.2. The molecule has 1 unspecified atom stereocenters. The molecule has 1 N–H and O–H groups in total. The Bertz CT molecular complexity index is 225. The van der Waals surface area contributed by atoms with Crippen LogP contribution in [-0.2, 0) is 0 Å². The zero-order chi connectivity index (χ0) is 11.8. The van der Waals surface area contributed by atoms with Crippen molar-refractivity contribution in [3.63, 3.8) is 0 Å². The lowest BCUT2D eigenvalue weighted by atomic mass is 9.79. The summed E-state index contributed by atoms with van der Waals surface area (Å²) < 4.78 is 0. The van der Waals surface area contributed by atoms with Gasteiger partial charge in [0, 0.05) is 18.6 Å². The molecule has 1 aliphatic carbocycles. The molecule has 1 aliphatic heterocycles. The average molecular weight is 224 g/mol. The van der Waals surface area contributed by atoms with Crippen molar-refractivity contribution < 1.29 is 0 Å². The summed E-state index contributed by atoms with van der Waals surface area (Å²) in [5, 5.41) is 3.72. The highest BCUT2D eigenvalue weighted by Crippen LogP contribution is 2.33. The number of hydrogen-bond donors (Lipinski definition) is 1. The van der Waals surface area contributed by atoms with Gasteiger partial charge in [-0.05, 0) is 43.7 Å². The zero-order valence-electron chi connectivity index (χ0n) is 11.4. The Morgan fingerprint density at radius 3 is 2.44 bits per heavy atom. The smallest absolute Gasteiger partial charge is 0.0243 e. The molecule has 1 heterocycles. The highest BCUT2D eigenvalue weighted by molar-refractivity contribution is 4.91. The first kappa shape index (κ1) is 12.4. The second-order valence-electron chi connectivity index (χ2n) is 6.95. The number of nitrogens with one attached hydrogen (secondary N) is 1. The van der Waals surface area contributed by atoms with E-state index in [0.717, 1.165) is 12.0 Å². The summed E-state index contributed by atoms with van der Waals surface area (Å²) in [6, 6.07) is 1.55. The van der Waals surface area contributed by atoms with Gasteiger partial charge in [0.15, 0.2) is 0 Å². The van der Waals surface area contributed by atoms with Gasteiger partial charge >= 0.3 is 0 Å². The molecule has 1 atom stereocenters. The molecule has 0 radical (unpaired) electrons. The molecule has 2 heteroatoms. The van der Waals surface area contributed by atoms with Crippen LogP contribution in [0.1, 0.15) is 47.0 Å². The van der Waals surface area contributed by atoms with Gasteiger partial charge in [-0.2, -0.15) is 0 Å². The van der Waals surface area contributed by atoms with E-state index in [4.69, 9.17) is 0 Å². The molecular formula is C14H28N2. The molecular weight excluding hydrogens is 196 g/mol. The maximum absolute atomic E-state index is 3.72. The quantitative estimate of drug-likeness (QED) is 0.736. The predicted octanol–water partition coefficient (Wildman–Crippen LogP) is 2.49. The second-order valence-corrected chi connectivity index (χ2v) is 6.95. The molecule has 16 heavy (non-hydrogen) atoms. The summed E-state index contributed by atoms with van der Waals surface area (Å²) in [5.74, 6) is 0.967. The Labute approximate surface area is 101 Å². The highest BCUT2D eigenvalue weighted by atomic mass is 15.2. The first-order chi connectivity index (χ1) is 7.47. The van der Waals surface area contributed by atoms with Crippen LogP contribution in [0, 0.1) is 11.3 Å². The van der Waals surface area contributed by atoms with Crippen molar-refractivity contribution in [1.82, 2.24) is 10.2 Å². The Kier molecular flexibility index (Phi) is 3.60. The van der Waals surface area contributed by atoms with Crippen LogP contribution < -0.4 is 5.32 Å². The molecule has 0 aromatic carbocycles. The number of rotatable bonds is 1. The summed E-state index contributed by atoms with van der Waals surface area (Å²) >= 11 is 0. The normalized spacial score (nSPS) is 37.9. The van der Waals surface area contributed by atoms with E-state index in [1.54, 1.807) is 0 Å². The van der Waals surface area contributed by atoms with Gasteiger partial charge in [-0.3, -0.25) is 4.90 Å². The van der Waals surface area contributed by atoms with Gasteiger partial charge in [-0.25, -0.2) is 0 Å². The Hall–Kier alpha value is -0.0800. The molecule has 0 aromatic rings. The van der Waals surface area contributed by atoms with Crippen LogP contribution >= 0.6 is 0 Å². The van der Waals surface area contributed by atoms with Gasteiger partial charge in [-0.1, -0.05) is 27.7 Å². The lowest BCUT2D eigenvalue weighted by Crippen LogP contribution is -2.51. The summed E-state index contributed by atoms with van der Waals surface area (Å²) in [4.78, 5) is 2.75. The van der Waals surface area contributed by atoms with Gasteiger partial charge in [-0.15, -0.1) is 0 Å². The summed E-state index contributed by atoms with van der Waals surface area (Å²) in [6.07, 6.45) is 4.17. The molecule has 2 fully saturated rings. The Morgan fingerprint density at radius 2 is 1.88 bits per heavy atom. The van der Waals surface area contributed by atoms with Crippen LogP contribution in [0.4, 0.5) is 0 Å². The van der Waals surface area contributed by atoms with Crippen LogP contribution in [0.3, 0.4) is 0 Å². The second kappa shape index (κ2) is 4.66. The van der Waals surface area contributed by atoms with Crippen molar-refractivity contribution in [2.75, 3.05) is 19.6 Å². The average Bonchev–Trinajstić information content (AvgIpc) is 2.36. The van der Waals surface area contributed by atoms with E-state index in [2.05, 4.69) is 37.9 Å². The van der Waals surface area contributed by atoms with Crippen molar-refractivity contribution in [3.8, 4) is 0 Å². The molecule has 1 saturated carbocycles. The third-order valence-corrected chi connectivity index (χ3v) is 4.34. The summed E-state index contributed by atoms with van der Waals surface area (Å²) in [5.41, 5.74) is 0.387. The molecule has 2 aliphatic rings. The summed E-state index contributed by atoms with van der Waals surface area (Å²) in [7, 11) is 0. The first-order valence-corrected chi connectivity index (χ1v) is 6.94. The zero-order valence-corrected chi connectivity index (χ0v) is 11.4. The van der Waals surface area contributed by atoms with Crippen molar-refractivity contribution in [2.24, 2.45) is 11.3 Å². The van der Waals surface area contributed by atoms with Crippen molar-refractivity contribution in [1.29, 1.82) is 0 Å². The van der Waals surface area contributed by atoms with Gasteiger partial charge in [0.2, 0.25) is 0 Å². The monoisotopic (exact) mass is 224 g/mol. The standard InChI is InChI=1S/C14H28N2/c1-11-8-12(9-11)16-7-5-6-15-13(10-16)14(2,3)4/h11-13,15H,5-10H2,1-4H3. The van der Waals surface area contributed by atoms with Crippen LogP contribution in [0.25, 0.3) is 0 Å². The van der Waals surface area contributed by atoms with E-state index in [0.29, 0.717) is 11.5 Å². The third-order valence-electron chi connectivity index (χ3n) is 4.34. The molecule has 0 aromatic heterocycles. The number of hydrogen-bond acceptors (Lipinski definition) is 2. The fourth-order valence-electron chi connectivity index (χ4n) is 3.02. The van der Waals surface area contributed by atoms with Crippen LogP contribution in [0.2, 0.25) is 0 Å². The van der Waals surface area contributed by atoms with E-state index in [9.17, 15) is 0 Å². The number of nitrogens with zero attached hydrogens (tertiary/aromatic N) is 1. The molecule has 2 rings (SSSR count). The van der Waals surface area contributed by atoms with E-state index in [-0.39, 0.29) is 0 Å². The van der Waals surface area contributed by atoms with Gasteiger partial charge in [0.1, 0.15) is 0 Å². The first-order valence-electron chi connectivity index (χ1n) is 6.94. The minimum Gasteiger partial charge on any atom is -0.312 e. The van der Waals surface area contributed by atoms with Gasteiger partial charge in [0.05, 0.1) is 0 Å². The van der Waals surface area contributed by atoms with Crippen molar-refractivity contribution >= 4 is 0 Å². The molecule has 0 bridgehead atoms. The van der Waals surface area contributed by atoms with Crippen molar-refractivity contribution in [3.05, 3.63) is 0 Å². The van der Waals surface area contributed by atoms with Crippen LogP contribution in [-0.4, -0.2) is 36.6 Å². The Morgan fingerprint density at radius 1 is 1.19 bits per heavy atom. The third kappa shape index (κ3) is 2.78. The topological polar surface area (TPSA) is 15.3 Å². The highest BCUT2D eigenvalue weighted by Gasteiger charge is 2.35. The Balaban J connectivity index is 1.93. The lowest BCUT2D eigenvalue weighted by molar-refractivity contribution is 0.0715. The van der Waals surface area contributed by atoms with E-state index in [1.165, 1.54) is 38.9 Å². The maximum atomic E-state index is 3.72. The van der Waals surface area contributed by atoms with Gasteiger partial charge in [0.25, 0.3) is 0 Å². The molecule has 94 valence electrons.